The molecule has 0 fully saturated rings. The molecule has 0 saturated carbocycles. The summed E-state index contributed by atoms with van der Waals surface area (Å²) in [5.41, 5.74) is 0.153. The van der Waals surface area contributed by atoms with E-state index in [0.717, 1.165) is 12.1 Å². The van der Waals surface area contributed by atoms with Gasteiger partial charge in [-0.1, -0.05) is 12.1 Å². The largest absolute Gasteiger partial charge is 0.462 e. The highest BCUT2D eigenvalue weighted by Crippen LogP contribution is 2.39. The zero-order valence-electron chi connectivity index (χ0n) is 19.7. The fourth-order valence-electron chi connectivity index (χ4n) is 3.06. The van der Waals surface area contributed by atoms with Crippen molar-refractivity contribution in [2.45, 2.75) is 57.6 Å². The number of carbonyl (C=O) groups is 2. The van der Waals surface area contributed by atoms with Gasteiger partial charge in [-0.25, -0.2) is 22.1 Å². The summed E-state index contributed by atoms with van der Waals surface area (Å²) >= 11 is 0. The molecule has 4 aromatic heterocycles. The van der Waals surface area contributed by atoms with Crippen molar-refractivity contribution in [2.75, 3.05) is 4.31 Å². The molecule has 34 heavy (non-hydrogen) atoms. The van der Waals surface area contributed by atoms with Crippen LogP contribution >= 0.6 is 0 Å². The van der Waals surface area contributed by atoms with Gasteiger partial charge in [-0.2, -0.15) is 0 Å². The molecule has 0 saturated heterocycles. The molecule has 0 N–H and O–H groups in total. The molecule has 0 aliphatic rings. The van der Waals surface area contributed by atoms with Crippen LogP contribution in [0.1, 0.15) is 41.5 Å². The summed E-state index contributed by atoms with van der Waals surface area (Å²) in [5, 5.41) is 4.77. The highest BCUT2D eigenvalue weighted by Gasteiger charge is 2.40. The lowest BCUT2D eigenvalue weighted by atomic mass is 10.1. The van der Waals surface area contributed by atoms with E-state index in [1.807, 2.05) is 26.8 Å². The summed E-state index contributed by atoms with van der Waals surface area (Å²) in [4.78, 5) is 22.0. The van der Waals surface area contributed by atoms with E-state index in [1.165, 1.54) is 12.1 Å². The van der Waals surface area contributed by atoms with Crippen LogP contribution in [-0.4, -0.2) is 41.8 Å². The van der Waals surface area contributed by atoms with Crippen molar-refractivity contribution in [2.24, 2.45) is 0 Å². The molecule has 11 heteroatoms. The van der Waals surface area contributed by atoms with Crippen molar-refractivity contribution in [1.82, 2.24) is 9.61 Å². The predicted octanol–water partition coefficient (Wildman–Crippen LogP) is 4.59. The topological polar surface area (TPSA) is 107 Å². The Morgan fingerprint density at radius 1 is 1.03 bits per heavy atom. The van der Waals surface area contributed by atoms with Crippen LogP contribution in [0.5, 0.6) is 0 Å². The van der Waals surface area contributed by atoms with E-state index >= 15 is 0 Å². The van der Waals surface area contributed by atoms with Gasteiger partial charge in [0, 0.05) is 0 Å². The lowest BCUT2D eigenvalue weighted by molar-refractivity contribution is -0.138. The fourth-order valence-corrected chi connectivity index (χ4v) is 4.37. The highest BCUT2D eigenvalue weighted by atomic mass is 32.2. The van der Waals surface area contributed by atoms with Gasteiger partial charge in [0.1, 0.15) is 17.0 Å². The first kappa shape index (κ1) is 25.2. The first-order chi connectivity index (χ1) is 15.7. The number of ether oxygens (including phenoxy) is 2. The van der Waals surface area contributed by atoms with E-state index in [9.17, 15) is 22.4 Å². The Morgan fingerprint density at radius 3 is 2.06 bits per heavy atom. The number of amides is 1. The van der Waals surface area contributed by atoms with Gasteiger partial charge >= 0.3 is 6.09 Å². The van der Waals surface area contributed by atoms with Gasteiger partial charge < -0.3 is 9.47 Å². The number of fused-ring (bicyclic) bond motifs is 1. The zero-order valence-corrected chi connectivity index (χ0v) is 20.5. The van der Waals surface area contributed by atoms with Gasteiger partial charge in [-0.15, -0.1) is 9.40 Å². The summed E-state index contributed by atoms with van der Waals surface area (Å²) in [6.45, 7) is 10.8. The molecule has 0 spiro atoms. The Labute approximate surface area is 196 Å². The second kappa shape index (κ2) is 8.71. The monoisotopic (exact) mass is 491 g/mol. The Bertz CT molecular complexity index is 1370. The Morgan fingerprint density at radius 2 is 1.62 bits per heavy atom. The molecule has 0 aliphatic heterocycles. The molecular weight excluding hydrogens is 465 g/mol. The normalized spacial score (nSPS) is 12.4. The van der Waals surface area contributed by atoms with Gasteiger partial charge in [0.15, 0.2) is 5.82 Å². The minimum atomic E-state index is -4.44. The van der Waals surface area contributed by atoms with Crippen molar-refractivity contribution in [3.63, 3.8) is 0 Å². The number of anilines is 1. The van der Waals surface area contributed by atoms with E-state index in [1.54, 1.807) is 37.4 Å². The lowest BCUT2D eigenvalue weighted by Crippen LogP contribution is -2.41. The van der Waals surface area contributed by atoms with E-state index in [-0.39, 0.29) is 16.3 Å². The molecule has 0 unspecified atom stereocenters. The Kier molecular flexibility index (Phi) is 6.45. The number of hydrogen-bond donors (Lipinski definition) is 0. The molecule has 0 atom stereocenters. The molecule has 5 rings (SSSR count). The zero-order chi connectivity index (χ0) is 25.5. The SMILES string of the molecule is CC(C)(C)OC(=O)N(c1nn2c3cccc2c13)S(=O)(=O)c1cccc(F)c1.CC(C)(C)OC=O. The number of halogens is 1. The summed E-state index contributed by atoms with van der Waals surface area (Å²) in [6.07, 6.45) is -1.10. The first-order valence-electron chi connectivity index (χ1n) is 10.3. The van der Waals surface area contributed by atoms with Gasteiger partial charge in [0.25, 0.3) is 16.5 Å². The van der Waals surface area contributed by atoms with Crippen LogP contribution in [0, 0.1) is 5.82 Å². The maximum Gasteiger partial charge on any atom is 0.430 e. The minimum absolute atomic E-state index is 0.0564. The molecule has 1 aromatic carbocycles. The van der Waals surface area contributed by atoms with Crippen molar-refractivity contribution in [1.29, 1.82) is 0 Å². The third-order valence-corrected chi connectivity index (χ3v) is 6.04. The Hall–Kier alpha value is -3.47. The number of carbonyl (C=O) groups excluding carboxylic acids is 2. The van der Waals surface area contributed by atoms with Crippen LogP contribution in [0.4, 0.5) is 15.0 Å². The van der Waals surface area contributed by atoms with Crippen molar-refractivity contribution in [3.8, 4) is 0 Å². The number of sulfonamides is 1. The maximum absolute atomic E-state index is 13.6. The molecule has 182 valence electrons. The van der Waals surface area contributed by atoms with Crippen LogP contribution in [0.2, 0.25) is 0 Å². The van der Waals surface area contributed by atoms with Crippen molar-refractivity contribution >= 4 is 44.8 Å². The minimum Gasteiger partial charge on any atom is -0.462 e. The second-order valence-electron chi connectivity index (χ2n) is 9.44. The predicted molar refractivity (Wildman–Crippen MR) is 124 cm³/mol. The van der Waals surface area contributed by atoms with Crippen LogP contribution in [0.25, 0.3) is 16.4 Å². The van der Waals surface area contributed by atoms with Crippen molar-refractivity contribution in [3.05, 3.63) is 48.3 Å². The Balaban J connectivity index is 0.000000406. The first-order valence-corrected chi connectivity index (χ1v) is 11.8. The van der Waals surface area contributed by atoms with Gasteiger partial charge in [-0.3, -0.25) is 4.79 Å². The average molecular weight is 492 g/mol. The third-order valence-electron chi connectivity index (χ3n) is 4.38. The molecule has 0 radical (unpaired) electrons. The lowest BCUT2D eigenvalue weighted by Gasteiger charge is -2.25. The van der Waals surface area contributed by atoms with Crippen LogP contribution in [0.3, 0.4) is 0 Å². The number of aromatic nitrogens is 2. The molecular formula is C23H26FN3O6S. The van der Waals surface area contributed by atoms with Gasteiger partial charge in [0.2, 0.25) is 0 Å². The summed E-state index contributed by atoms with van der Waals surface area (Å²) < 4.78 is 51.9. The van der Waals surface area contributed by atoms with E-state index < -0.39 is 27.5 Å². The second-order valence-corrected chi connectivity index (χ2v) is 11.2. The van der Waals surface area contributed by atoms with E-state index in [4.69, 9.17) is 4.74 Å². The molecule has 4 bridgehead atoms. The summed E-state index contributed by atoms with van der Waals surface area (Å²) in [6, 6.07) is 9.79. The number of benzene rings is 2. The van der Waals surface area contributed by atoms with E-state index in [2.05, 4.69) is 9.84 Å². The van der Waals surface area contributed by atoms with Crippen LogP contribution in [0.15, 0.2) is 47.4 Å². The molecule has 0 aliphatic carbocycles. The quantitative estimate of drug-likeness (QED) is 0.384. The van der Waals surface area contributed by atoms with Gasteiger partial charge in [0.05, 0.1) is 21.3 Å². The fraction of sp³-hybridized carbons (Fsp3) is 0.348. The van der Waals surface area contributed by atoms with Crippen LogP contribution < -0.4 is 4.31 Å². The van der Waals surface area contributed by atoms with E-state index in [0.29, 0.717) is 27.2 Å². The third kappa shape index (κ3) is 5.04. The molecule has 5 aromatic rings. The molecule has 1 amide bonds. The number of pyridine rings is 1. The van der Waals surface area contributed by atoms with Gasteiger partial charge in [-0.05, 0) is 71.9 Å². The average Bonchev–Trinajstić information content (AvgIpc) is 3.25. The number of nitrogens with zero attached hydrogens (tertiary/aromatic N) is 3. The van der Waals surface area contributed by atoms with Crippen molar-refractivity contribution < 1.29 is 31.9 Å². The number of rotatable bonds is 4. The smallest absolute Gasteiger partial charge is 0.430 e. The molecule has 9 nitrogen and oxygen atoms in total. The molecule has 4 heterocycles. The van der Waals surface area contributed by atoms with Crippen LogP contribution in [-0.2, 0) is 24.3 Å². The number of hydrogen-bond acceptors (Lipinski definition) is 7. The summed E-state index contributed by atoms with van der Waals surface area (Å²) in [5.74, 6) is -0.787. The summed E-state index contributed by atoms with van der Waals surface area (Å²) in [7, 11) is -4.44. The standard InChI is InChI=1S/C18H16FN3O4S.C5H10O2/c1-18(2,3)26-17(23)22(27(24,25)12-7-4-6-11(19)10-12)16-15-13-8-5-9-14(15)21(13)20-16;1-5(2,3)7-4-6/h4-10H,1-3H3;4H,1-3H3. The maximum atomic E-state index is 13.6. The highest BCUT2D eigenvalue weighted by molar-refractivity contribution is 7.93.